The van der Waals surface area contributed by atoms with Gasteiger partial charge < -0.3 is 4.90 Å². The number of hydrogen-bond acceptors (Lipinski definition) is 3. The third-order valence-corrected chi connectivity index (χ3v) is 3.60. The van der Waals surface area contributed by atoms with Gasteiger partial charge in [0.1, 0.15) is 17.5 Å². The average Bonchev–Trinajstić information content (AvgIpc) is 2.87. The Hall–Kier alpha value is -2.48. The fourth-order valence-electron chi connectivity index (χ4n) is 2.58. The van der Waals surface area contributed by atoms with Crippen molar-refractivity contribution in [3.8, 4) is 17.2 Å². The van der Waals surface area contributed by atoms with Crippen molar-refractivity contribution < 1.29 is 8.78 Å². The maximum absolute atomic E-state index is 13.4. The third kappa shape index (κ3) is 2.57. The quantitative estimate of drug-likeness (QED) is 0.848. The number of anilines is 1. The van der Waals surface area contributed by atoms with Crippen molar-refractivity contribution in [3.05, 3.63) is 48.2 Å². The zero-order valence-corrected chi connectivity index (χ0v) is 11.3. The summed E-state index contributed by atoms with van der Waals surface area (Å²) in [7, 11) is 0. The standard InChI is InChI=1S/C16H13F2N3/c17-16(18)7-9-21(11-16)15-14(10-19)13(6-8-20-15)12-4-2-1-3-5-12/h1-6,8H,7,9,11H2. The molecule has 2 aromatic rings. The number of rotatable bonds is 2. The zero-order valence-electron chi connectivity index (χ0n) is 11.3. The van der Waals surface area contributed by atoms with Crippen LogP contribution in [0.3, 0.4) is 0 Å². The Morgan fingerprint density at radius 1 is 1.19 bits per heavy atom. The van der Waals surface area contributed by atoms with Crippen LogP contribution in [0.5, 0.6) is 0 Å². The minimum Gasteiger partial charge on any atom is -0.349 e. The van der Waals surface area contributed by atoms with Crippen LogP contribution in [0.2, 0.25) is 0 Å². The van der Waals surface area contributed by atoms with Gasteiger partial charge in [-0.25, -0.2) is 13.8 Å². The average molecular weight is 285 g/mol. The largest absolute Gasteiger partial charge is 0.349 e. The van der Waals surface area contributed by atoms with Gasteiger partial charge in [-0.05, 0) is 11.6 Å². The van der Waals surface area contributed by atoms with Gasteiger partial charge >= 0.3 is 0 Å². The molecule has 0 bridgehead atoms. The number of pyridine rings is 1. The fraction of sp³-hybridized carbons (Fsp3) is 0.250. The van der Waals surface area contributed by atoms with E-state index in [9.17, 15) is 14.0 Å². The van der Waals surface area contributed by atoms with E-state index in [1.807, 2.05) is 30.3 Å². The molecule has 3 nitrogen and oxygen atoms in total. The molecule has 1 saturated heterocycles. The maximum atomic E-state index is 13.4. The summed E-state index contributed by atoms with van der Waals surface area (Å²) in [5.74, 6) is -2.37. The van der Waals surface area contributed by atoms with Crippen molar-refractivity contribution in [3.63, 3.8) is 0 Å². The van der Waals surface area contributed by atoms with Crippen molar-refractivity contribution in [1.82, 2.24) is 4.98 Å². The Kier molecular flexibility index (Phi) is 3.30. The van der Waals surface area contributed by atoms with Gasteiger partial charge in [-0.2, -0.15) is 5.26 Å². The minimum atomic E-state index is -2.71. The van der Waals surface area contributed by atoms with Crippen molar-refractivity contribution >= 4 is 5.82 Å². The molecule has 0 spiro atoms. The van der Waals surface area contributed by atoms with Crippen LogP contribution in [-0.2, 0) is 0 Å². The van der Waals surface area contributed by atoms with Crippen LogP contribution in [0.25, 0.3) is 11.1 Å². The van der Waals surface area contributed by atoms with Gasteiger partial charge in [0.2, 0.25) is 0 Å². The van der Waals surface area contributed by atoms with E-state index in [1.54, 1.807) is 12.3 Å². The number of benzene rings is 1. The lowest BCUT2D eigenvalue weighted by molar-refractivity contribution is 0.0256. The molecule has 0 amide bonds. The summed E-state index contributed by atoms with van der Waals surface area (Å²) in [5.41, 5.74) is 1.95. The molecular formula is C16H13F2N3. The fourth-order valence-corrected chi connectivity index (χ4v) is 2.58. The number of alkyl halides is 2. The van der Waals surface area contributed by atoms with Crippen LogP contribution < -0.4 is 4.90 Å². The van der Waals surface area contributed by atoms with Crippen LogP contribution in [0.4, 0.5) is 14.6 Å². The highest BCUT2D eigenvalue weighted by atomic mass is 19.3. The van der Waals surface area contributed by atoms with Crippen LogP contribution in [0.15, 0.2) is 42.6 Å². The first-order valence-electron chi connectivity index (χ1n) is 6.68. The second kappa shape index (κ2) is 5.13. The lowest BCUT2D eigenvalue weighted by Gasteiger charge is -2.19. The highest BCUT2D eigenvalue weighted by Crippen LogP contribution is 2.34. The van der Waals surface area contributed by atoms with Gasteiger partial charge in [0.15, 0.2) is 0 Å². The molecule has 21 heavy (non-hydrogen) atoms. The van der Waals surface area contributed by atoms with E-state index in [4.69, 9.17) is 0 Å². The molecule has 0 atom stereocenters. The van der Waals surface area contributed by atoms with Crippen LogP contribution in [0, 0.1) is 11.3 Å². The number of nitriles is 1. The molecule has 2 heterocycles. The zero-order chi connectivity index (χ0) is 14.9. The molecule has 1 aliphatic heterocycles. The summed E-state index contributed by atoms with van der Waals surface area (Å²) >= 11 is 0. The summed E-state index contributed by atoms with van der Waals surface area (Å²) in [4.78, 5) is 5.64. The lowest BCUT2D eigenvalue weighted by atomic mass is 10.0. The normalized spacial score (nSPS) is 16.7. The SMILES string of the molecule is N#Cc1c(-c2ccccc2)ccnc1N1CCC(F)(F)C1. The molecular weight excluding hydrogens is 272 g/mol. The van der Waals surface area contributed by atoms with Gasteiger partial charge in [0, 0.05) is 24.7 Å². The molecule has 0 saturated carbocycles. The Bertz CT molecular complexity index is 692. The first kappa shape index (κ1) is 13.5. The highest BCUT2D eigenvalue weighted by molar-refractivity contribution is 5.76. The second-order valence-electron chi connectivity index (χ2n) is 5.06. The molecule has 1 aromatic carbocycles. The van der Waals surface area contributed by atoms with E-state index in [2.05, 4.69) is 11.1 Å². The summed E-state index contributed by atoms with van der Waals surface area (Å²) in [5, 5.41) is 9.45. The molecule has 1 aromatic heterocycles. The molecule has 1 fully saturated rings. The Labute approximate surface area is 121 Å². The third-order valence-electron chi connectivity index (χ3n) is 3.60. The lowest BCUT2D eigenvalue weighted by Crippen LogP contribution is -2.26. The van der Waals surface area contributed by atoms with Crippen molar-refractivity contribution in [2.75, 3.05) is 18.0 Å². The number of hydrogen-bond donors (Lipinski definition) is 0. The molecule has 5 heteroatoms. The van der Waals surface area contributed by atoms with Gasteiger partial charge in [-0.1, -0.05) is 30.3 Å². The van der Waals surface area contributed by atoms with Crippen LogP contribution >= 0.6 is 0 Å². The molecule has 3 rings (SSSR count). The van der Waals surface area contributed by atoms with E-state index < -0.39 is 5.92 Å². The molecule has 0 aliphatic carbocycles. The number of aromatic nitrogens is 1. The Morgan fingerprint density at radius 2 is 1.95 bits per heavy atom. The van der Waals surface area contributed by atoms with E-state index in [0.717, 1.165) is 11.1 Å². The second-order valence-corrected chi connectivity index (χ2v) is 5.06. The van der Waals surface area contributed by atoms with Crippen molar-refractivity contribution in [2.45, 2.75) is 12.3 Å². The van der Waals surface area contributed by atoms with Crippen LogP contribution in [0.1, 0.15) is 12.0 Å². The monoisotopic (exact) mass is 285 g/mol. The Morgan fingerprint density at radius 3 is 2.57 bits per heavy atom. The summed E-state index contributed by atoms with van der Waals surface area (Å²) in [6, 6.07) is 13.3. The highest BCUT2D eigenvalue weighted by Gasteiger charge is 2.39. The predicted molar refractivity (Wildman–Crippen MR) is 76.2 cm³/mol. The minimum absolute atomic E-state index is 0.199. The van der Waals surface area contributed by atoms with Gasteiger partial charge in [-0.3, -0.25) is 0 Å². The maximum Gasteiger partial charge on any atom is 0.266 e. The van der Waals surface area contributed by atoms with Gasteiger partial charge in [-0.15, -0.1) is 0 Å². The number of halogens is 2. The van der Waals surface area contributed by atoms with E-state index >= 15 is 0 Å². The van der Waals surface area contributed by atoms with E-state index in [0.29, 0.717) is 11.4 Å². The van der Waals surface area contributed by atoms with Gasteiger partial charge in [0.25, 0.3) is 5.92 Å². The summed E-state index contributed by atoms with van der Waals surface area (Å²) in [6.45, 7) is -0.167. The number of nitrogens with zero attached hydrogens (tertiary/aromatic N) is 3. The van der Waals surface area contributed by atoms with Crippen molar-refractivity contribution in [2.24, 2.45) is 0 Å². The summed E-state index contributed by atoms with van der Waals surface area (Å²) < 4.78 is 26.8. The molecule has 0 unspecified atom stereocenters. The smallest absolute Gasteiger partial charge is 0.266 e. The van der Waals surface area contributed by atoms with Crippen molar-refractivity contribution in [1.29, 1.82) is 5.26 Å². The first-order chi connectivity index (χ1) is 10.1. The molecule has 0 N–H and O–H groups in total. The van der Waals surface area contributed by atoms with Crippen LogP contribution in [-0.4, -0.2) is 24.0 Å². The molecule has 1 aliphatic rings. The summed E-state index contributed by atoms with van der Waals surface area (Å²) in [6.07, 6.45) is 1.37. The van der Waals surface area contributed by atoms with E-state index in [-0.39, 0.29) is 19.5 Å². The molecule has 0 radical (unpaired) electrons. The molecule has 106 valence electrons. The topological polar surface area (TPSA) is 39.9 Å². The first-order valence-corrected chi connectivity index (χ1v) is 6.68. The predicted octanol–water partition coefficient (Wildman–Crippen LogP) is 3.47. The van der Waals surface area contributed by atoms with Gasteiger partial charge in [0.05, 0.1) is 6.54 Å². The van der Waals surface area contributed by atoms with E-state index in [1.165, 1.54) is 4.90 Å². The Balaban J connectivity index is 2.06.